The lowest BCUT2D eigenvalue weighted by molar-refractivity contribution is 0.366. The number of aromatic nitrogens is 2. The van der Waals surface area contributed by atoms with Gasteiger partial charge in [-0.15, -0.1) is 0 Å². The van der Waals surface area contributed by atoms with E-state index >= 15 is 0 Å². The molecule has 1 fully saturated rings. The van der Waals surface area contributed by atoms with E-state index in [-0.39, 0.29) is 0 Å². The highest BCUT2D eigenvalue weighted by Crippen LogP contribution is 2.28. The highest BCUT2D eigenvalue weighted by molar-refractivity contribution is 5.80. The summed E-state index contributed by atoms with van der Waals surface area (Å²) in [5.41, 5.74) is 3.38. The van der Waals surface area contributed by atoms with Gasteiger partial charge in [0.15, 0.2) is 5.96 Å². The summed E-state index contributed by atoms with van der Waals surface area (Å²) in [7, 11) is 3.58. The van der Waals surface area contributed by atoms with Crippen LogP contribution in [-0.2, 0) is 6.54 Å². The number of benzene rings is 2. The number of para-hydroxylation sites is 4. The molecule has 0 saturated carbocycles. The smallest absolute Gasteiger partial charge is 0.193 e. The molecule has 30 heavy (non-hydrogen) atoms. The number of ether oxygens (including phenoxy) is 1. The first-order valence-corrected chi connectivity index (χ1v) is 10.5. The van der Waals surface area contributed by atoms with Gasteiger partial charge in [-0.2, -0.15) is 0 Å². The Morgan fingerprint density at radius 1 is 1.07 bits per heavy atom. The van der Waals surface area contributed by atoms with E-state index in [4.69, 9.17) is 4.74 Å². The monoisotopic (exact) mass is 406 g/mol. The number of hydrogen-bond donors (Lipinski definition) is 1. The predicted molar refractivity (Wildman–Crippen MR) is 123 cm³/mol. The molecule has 0 amide bonds. The maximum Gasteiger partial charge on any atom is 0.193 e. The molecule has 158 valence electrons. The second kappa shape index (κ2) is 9.07. The molecule has 1 N–H and O–H groups in total. The van der Waals surface area contributed by atoms with Crippen molar-refractivity contribution in [3.8, 4) is 5.75 Å². The number of hydrogen-bond acceptors (Lipinski definition) is 4. The van der Waals surface area contributed by atoms with Gasteiger partial charge in [-0.1, -0.05) is 24.3 Å². The molecule has 1 saturated heterocycles. The van der Waals surface area contributed by atoms with Crippen LogP contribution in [-0.4, -0.2) is 67.3 Å². The minimum absolute atomic E-state index is 0.806. The van der Waals surface area contributed by atoms with Gasteiger partial charge in [0, 0.05) is 46.3 Å². The van der Waals surface area contributed by atoms with Crippen molar-refractivity contribution in [2.45, 2.75) is 13.5 Å². The summed E-state index contributed by atoms with van der Waals surface area (Å²) in [6, 6.07) is 16.5. The molecule has 0 radical (unpaired) electrons. The van der Waals surface area contributed by atoms with Gasteiger partial charge in [0.2, 0.25) is 0 Å². The Balaban J connectivity index is 1.34. The van der Waals surface area contributed by atoms with E-state index in [1.54, 1.807) is 7.11 Å². The fourth-order valence-electron chi connectivity index (χ4n) is 4.14. The average Bonchev–Trinajstić information content (AvgIpc) is 3.12. The van der Waals surface area contributed by atoms with E-state index in [9.17, 15) is 0 Å². The standard InChI is InChI=1S/C23H30N6O/c1-18-26-19-8-4-5-9-20(19)29(18)13-12-25-23(24-2)28-16-14-27(15-17-28)21-10-6-7-11-22(21)30-3/h4-11H,12-17H2,1-3H3,(H,24,25). The normalized spacial score (nSPS) is 15.0. The molecule has 0 spiro atoms. The maximum atomic E-state index is 5.52. The van der Waals surface area contributed by atoms with Gasteiger partial charge in [0.1, 0.15) is 11.6 Å². The summed E-state index contributed by atoms with van der Waals surface area (Å²) in [6.45, 7) is 7.44. The second-order valence-corrected chi connectivity index (χ2v) is 7.42. The fourth-order valence-corrected chi connectivity index (χ4v) is 4.14. The average molecular weight is 407 g/mol. The van der Waals surface area contributed by atoms with Gasteiger partial charge >= 0.3 is 0 Å². The lowest BCUT2D eigenvalue weighted by Crippen LogP contribution is -2.53. The van der Waals surface area contributed by atoms with Crippen LogP contribution in [0, 0.1) is 6.92 Å². The van der Waals surface area contributed by atoms with Gasteiger partial charge < -0.3 is 24.4 Å². The van der Waals surface area contributed by atoms with Gasteiger partial charge in [-0.25, -0.2) is 4.98 Å². The molecule has 1 aliphatic heterocycles. The molecule has 7 nitrogen and oxygen atoms in total. The molecule has 3 aromatic rings. The number of guanidine groups is 1. The number of nitrogens with zero attached hydrogens (tertiary/aromatic N) is 5. The van der Waals surface area contributed by atoms with E-state index in [2.05, 4.69) is 66.9 Å². The zero-order valence-corrected chi connectivity index (χ0v) is 18.0. The van der Waals surface area contributed by atoms with Crippen molar-refractivity contribution in [2.24, 2.45) is 4.99 Å². The Hall–Kier alpha value is -3.22. The highest BCUT2D eigenvalue weighted by atomic mass is 16.5. The first-order chi connectivity index (χ1) is 14.7. The third-order valence-corrected chi connectivity index (χ3v) is 5.68. The SMILES string of the molecule is CN=C(NCCn1c(C)nc2ccccc21)N1CCN(c2ccccc2OC)CC1. The predicted octanol–water partition coefficient (Wildman–Crippen LogP) is 2.75. The maximum absolute atomic E-state index is 5.52. The molecule has 0 atom stereocenters. The Labute approximate surface area is 178 Å². The zero-order chi connectivity index (χ0) is 20.9. The Morgan fingerprint density at radius 3 is 2.57 bits per heavy atom. The molecule has 2 aromatic carbocycles. The van der Waals surface area contributed by atoms with E-state index in [0.717, 1.165) is 68.0 Å². The highest BCUT2D eigenvalue weighted by Gasteiger charge is 2.21. The number of anilines is 1. The van der Waals surface area contributed by atoms with Crippen LogP contribution in [0.5, 0.6) is 5.75 Å². The van der Waals surface area contributed by atoms with Gasteiger partial charge in [-0.05, 0) is 31.2 Å². The van der Waals surface area contributed by atoms with Crippen molar-refractivity contribution in [2.75, 3.05) is 51.8 Å². The van der Waals surface area contributed by atoms with Gasteiger partial charge in [0.25, 0.3) is 0 Å². The Bertz CT molecular complexity index is 1020. The molecule has 0 unspecified atom stereocenters. The van der Waals surface area contributed by atoms with Gasteiger partial charge in [-0.3, -0.25) is 4.99 Å². The summed E-state index contributed by atoms with van der Waals surface area (Å²) in [6.07, 6.45) is 0. The van der Waals surface area contributed by atoms with Crippen molar-refractivity contribution in [3.63, 3.8) is 0 Å². The molecule has 7 heteroatoms. The van der Waals surface area contributed by atoms with E-state index in [1.807, 2.05) is 25.2 Å². The third kappa shape index (κ3) is 4.06. The summed E-state index contributed by atoms with van der Waals surface area (Å²) < 4.78 is 7.78. The van der Waals surface area contributed by atoms with Crippen LogP contribution < -0.4 is 15.0 Å². The van der Waals surface area contributed by atoms with Crippen LogP contribution >= 0.6 is 0 Å². The van der Waals surface area contributed by atoms with Gasteiger partial charge in [0.05, 0.1) is 23.8 Å². The van der Waals surface area contributed by atoms with Crippen LogP contribution in [0.2, 0.25) is 0 Å². The van der Waals surface area contributed by atoms with E-state index < -0.39 is 0 Å². The largest absolute Gasteiger partial charge is 0.495 e. The number of nitrogens with one attached hydrogen (secondary N) is 1. The molecule has 2 heterocycles. The van der Waals surface area contributed by atoms with Crippen molar-refractivity contribution in [1.82, 2.24) is 19.8 Å². The number of imidazole rings is 1. The zero-order valence-electron chi connectivity index (χ0n) is 18.0. The number of rotatable bonds is 5. The molecule has 0 bridgehead atoms. The Kier molecular flexibility index (Phi) is 6.07. The van der Waals surface area contributed by atoms with Crippen molar-refractivity contribution >= 4 is 22.7 Å². The minimum Gasteiger partial charge on any atom is -0.495 e. The Morgan fingerprint density at radius 2 is 1.80 bits per heavy atom. The van der Waals surface area contributed by atoms with Crippen LogP contribution in [0.1, 0.15) is 5.82 Å². The molecular formula is C23H30N6O. The van der Waals surface area contributed by atoms with Crippen molar-refractivity contribution in [3.05, 3.63) is 54.4 Å². The minimum atomic E-state index is 0.806. The molecule has 1 aliphatic rings. The van der Waals surface area contributed by atoms with Crippen molar-refractivity contribution < 1.29 is 4.74 Å². The lowest BCUT2D eigenvalue weighted by atomic mass is 10.2. The quantitative estimate of drug-likeness (QED) is 0.522. The lowest BCUT2D eigenvalue weighted by Gasteiger charge is -2.38. The summed E-state index contributed by atoms with van der Waals surface area (Å²) >= 11 is 0. The first kappa shape index (κ1) is 20.1. The number of fused-ring (bicyclic) bond motifs is 1. The van der Waals surface area contributed by atoms with Crippen molar-refractivity contribution in [1.29, 1.82) is 0 Å². The summed E-state index contributed by atoms with van der Waals surface area (Å²) in [4.78, 5) is 13.9. The first-order valence-electron chi connectivity index (χ1n) is 10.5. The fraction of sp³-hybridized carbons (Fsp3) is 0.391. The number of aryl methyl sites for hydroxylation is 1. The van der Waals surface area contributed by atoms with E-state index in [1.165, 1.54) is 5.52 Å². The van der Waals surface area contributed by atoms with E-state index in [0.29, 0.717) is 0 Å². The van der Waals surface area contributed by atoms with Crippen LogP contribution in [0.4, 0.5) is 5.69 Å². The number of aliphatic imine (C=N–C) groups is 1. The number of methoxy groups -OCH3 is 1. The molecular weight excluding hydrogens is 376 g/mol. The molecule has 4 rings (SSSR count). The second-order valence-electron chi connectivity index (χ2n) is 7.42. The van der Waals surface area contributed by atoms with Crippen LogP contribution in [0.15, 0.2) is 53.5 Å². The topological polar surface area (TPSA) is 57.9 Å². The van der Waals surface area contributed by atoms with Crippen LogP contribution in [0.3, 0.4) is 0 Å². The molecule has 0 aliphatic carbocycles. The van der Waals surface area contributed by atoms with Crippen LogP contribution in [0.25, 0.3) is 11.0 Å². The summed E-state index contributed by atoms with van der Waals surface area (Å²) in [5.74, 6) is 2.92. The summed E-state index contributed by atoms with van der Waals surface area (Å²) in [5, 5.41) is 3.53. The third-order valence-electron chi connectivity index (χ3n) is 5.68. The number of piperazine rings is 1. The molecule has 1 aromatic heterocycles.